The Kier molecular flexibility index (Phi) is 4.49. The molecule has 1 aromatic carbocycles. The summed E-state index contributed by atoms with van der Waals surface area (Å²) in [7, 11) is 1.78. The molecule has 0 radical (unpaired) electrons. The molecule has 1 atom stereocenters. The van der Waals surface area contributed by atoms with Gasteiger partial charge in [0.25, 0.3) is 0 Å². The van der Waals surface area contributed by atoms with Crippen LogP contribution in [-0.4, -0.2) is 43.8 Å². The van der Waals surface area contributed by atoms with Crippen molar-refractivity contribution in [3.8, 4) is 0 Å². The van der Waals surface area contributed by atoms with Crippen molar-refractivity contribution in [2.24, 2.45) is 0 Å². The Morgan fingerprint density at radius 2 is 2.22 bits per heavy atom. The maximum absolute atomic E-state index is 12.3. The van der Waals surface area contributed by atoms with Gasteiger partial charge in [-0.2, -0.15) is 4.98 Å². The summed E-state index contributed by atoms with van der Waals surface area (Å²) in [4.78, 5) is 22.6. The molecule has 0 unspecified atom stereocenters. The number of thioether (sulfide) groups is 1. The highest BCUT2D eigenvalue weighted by Gasteiger charge is 2.21. The molecule has 23 heavy (non-hydrogen) atoms. The Morgan fingerprint density at radius 1 is 1.43 bits per heavy atom. The number of carbonyl (C=O) groups is 1. The predicted octanol–water partition coefficient (Wildman–Crippen LogP) is 2.31. The van der Waals surface area contributed by atoms with Gasteiger partial charge in [-0.3, -0.25) is 4.79 Å². The number of hydrogen-bond acceptors (Lipinski definition) is 7. The van der Waals surface area contributed by atoms with Gasteiger partial charge in [0, 0.05) is 7.05 Å². The largest absolute Gasteiger partial charge is 0.368 e. The summed E-state index contributed by atoms with van der Waals surface area (Å²) in [5.41, 5.74) is 6.42. The van der Waals surface area contributed by atoms with Crippen molar-refractivity contribution in [3.63, 3.8) is 0 Å². The van der Waals surface area contributed by atoms with E-state index >= 15 is 0 Å². The van der Waals surface area contributed by atoms with E-state index in [9.17, 15) is 4.79 Å². The lowest BCUT2D eigenvalue weighted by molar-refractivity contribution is -0.128. The summed E-state index contributed by atoms with van der Waals surface area (Å²) in [6.45, 7) is 1.98. The van der Waals surface area contributed by atoms with Crippen molar-refractivity contribution in [2.75, 3.05) is 18.5 Å². The maximum Gasteiger partial charge on any atom is 0.233 e. The number of anilines is 1. The quantitative estimate of drug-likeness (QED) is 0.686. The molecule has 2 heterocycles. The fourth-order valence-electron chi connectivity index (χ4n) is 2.00. The summed E-state index contributed by atoms with van der Waals surface area (Å²) < 4.78 is 1.13. The van der Waals surface area contributed by atoms with Gasteiger partial charge in [-0.05, 0) is 19.1 Å². The highest BCUT2D eigenvalue weighted by Crippen LogP contribution is 2.29. The maximum atomic E-state index is 12.3. The highest BCUT2D eigenvalue weighted by atomic mass is 32.2. The van der Waals surface area contributed by atoms with Crippen LogP contribution in [0.3, 0.4) is 0 Å². The third-order valence-corrected chi connectivity index (χ3v) is 5.49. The van der Waals surface area contributed by atoms with E-state index < -0.39 is 0 Å². The number of aromatic amines is 1. The van der Waals surface area contributed by atoms with E-state index in [-0.39, 0.29) is 23.7 Å². The molecule has 0 aliphatic carbocycles. The van der Waals surface area contributed by atoms with Crippen LogP contribution in [-0.2, 0) is 4.79 Å². The lowest BCUT2D eigenvalue weighted by Gasteiger charge is -2.22. The molecule has 120 valence electrons. The van der Waals surface area contributed by atoms with Crippen molar-refractivity contribution in [1.29, 1.82) is 0 Å². The van der Waals surface area contributed by atoms with Gasteiger partial charge in [-0.25, -0.2) is 10.1 Å². The first-order valence-electron chi connectivity index (χ1n) is 6.96. The molecule has 9 heteroatoms. The second-order valence-corrected chi connectivity index (χ2v) is 7.00. The van der Waals surface area contributed by atoms with Gasteiger partial charge in [-0.1, -0.05) is 23.9 Å². The van der Waals surface area contributed by atoms with Crippen LogP contribution in [0, 0.1) is 0 Å². The lowest BCUT2D eigenvalue weighted by atomic mass is 10.3. The van der Waals surface area contributed by atoms with E-state index in [0.717, 1.165) is 15.2 Å². The van der Waals surface area contributed by atoms with Gasteiger partial charge in [0.05, 0.1) is 22.0 Å². The minimum Gasteiger partial charge on any atom is -0.368 e. The van der Waals surface area contributed by atoms with Gasteiger partial charge >= 0.3 is 0 Å². The van der Waals surface area contributed by atoms with E-state index in [1.165, 1.54) is 11.8 Å². The predicted molar refractivity (Wildman–Crippen MR) is 92.3 cm³/mol. The zero-order valence-corrected chi connectivity index (χ0v) is 14.3. The van der Waals surface area contributed by atoms with Crippen LogP contribution in [0.25, 0.3) is 10.2 Å². The van der Waals surface area contributed by atoms with Crippen molar-refractivity contribution in [3.05, 3.63) is 29.3 Å². The van der Waals surface area contributed by atoms with Gasteiger partial charge in [0.1, 0.15) is 5.01 Å². The topological polar surface area (TPSA) is 101 Å². The summed E-state index contributed by atoms with van der Waals surface area (Å²) >= 11 is 2.86. The molecule has 3 N–H and O–H groups in total. The molecule has 3 aromatic rings. The molecule has 0 bridgehead atoms. The Hall–Kier alpha value is -2.13. The first-order chi connectivity index (χ1) is 11.0. The smallest absolute Gasteiger partial charge is 0.233 e. The van der Waals surface area contributed by atoms with Crippen LogP contribution in [0.4, 0.5) is 5.95 Å². The zero-order chi connectivity index (χ0) is 16.4. The summed E-state index contributed by atoms with van der Waals surface area (Å²) in [5.74, 6) is 0.490. The van der Waals surface area contributed by atoms with Crippen LogP contribution in [0.1, 0.15) is 18.0 Å². The van der Waals surface area contributed by atoms with Crippen molar-refractivity contribution in [2.45, 2.75) is 18.1 Å². The SMILES string of the molecule is C[C@H](c1nc2ccccc2s1)N(C)C(=O)CSc1n[nH]c(N)n1. The molecular weight excluding hydrogens is 332 g/mol. The van der Waals surface area contributed by atoms with Gasteiger partial charge in [-0.15, -0.1) is 16.4 Å². The van der Waals surface area contributed by atoms with E-state index in [1.54, 1.807) is 23.3 Å². The van der Waals surface area contributed by atoms with Gasteiger partial charge in [0.2, 0.25) is 17.0 Å². The third-order valence-electron chi connectivity index (χ3n) is 3.45. The molecule has 3 rings (SSSR count). The molecule has 0 spiro atoms. The van der Waals surface area contributed by atoms with Crippen molar-refractivity contribution < 1.29 is 4.79 Å². The number of nitrogens with two attached hydrogens (primary N) is 1. The second kappa shape index (κ2) is 6.55. The highest BCUT2D eigenvalue weighted by molar-refractivity contribution is 7.99. The average molecular weight is 348 g/mol. The molecule has 0 aliphatic rings. The van der Waals surface area contributed by atoms with Gasteiger partial charge < -0.3 is 10.6 Å². The number of thiazole rings is 1. The monoisotopic (exact) mass is 348 g/mol. The third kappa shape index (κ3) is 3.45. The first kappa shape index (κ1) is 15.8. The molecule has 0 saturated heterocycles. The number of H-pyrrole nitrogens is 1. The molecule has 1 amide bonds. The normalized spacial score (nSPS) is 12.4. The van der Waals surface area contributed by atoms with E-state index in [0.29, 0.717) is 5.16 Å². The van der Waals surface area contributed by atoms with Crippen LogP contribution in [0.15, 0.2) is 29.4 Å². The lowest BCUT2D eigenvalue weighted by Crippen LogP contribution is -2.31. The van der Waals surface area contributed by atoms with E-state index in [2.05, 4.69) is 20.2 Å². The number of carbonyl (C=O) groups excluding carboxylic acids is 1. The van der Waals surface area contributed by atoms with Crippen molar-refractivity contribution >= 4 is 45.2 Å². The first-order valence-corrected chi connectivity index (χ1v) is 8.76. The van der Waals surface area contributed by atoms with Gasteiger partial charge in [0.15, 0.2) is 0 Å². The molecule has 0 aliphatic heterocycles. The molecule has 0 fully saturated rings. The Bertz CT molecular complexity index is 796. The molecule has 7 nitrogen and oxygen atoms in total. The number of aromatic nitrogens is 4. The Morgan fingerprint density at radius 3 is 2.91 bits per heavy atom. The number of benzene rings is 1. The standard InChI is InChI=1S/C14H16N6OS2/c1-8(12-16-9-5-3-4-6-10(9)23-12)20(2)11(21)7-22-14-17-13(15)18-19-14/h3-6,8H,7H2,1-2H3,(H3,15,17,18,19)/t8-/m1/s1. The number of nitrogens with zero attached hydrogens (tertiary/aromatic N) is 4. The average Bonchev–Trinajstić information content (AvgIpc) is 3.16. The van der Waals surface area contributed by atoms with Crippen LogP contribution in [0.2, 0.25) is 0 Å². The number of hydrogen-bond donors (Lipinski definition) is 2. The van der Waals surface area contributed by atoms with Crippen LogP contribution in [0.5, 0.6) is 0 Å². The zero-order valence-electron chi connectivity index (χ0n) is 12.7. The second-order valence-electron chi connectivity index (χ2n) is 4.99. The number of para-hydroxylation sites is 1. The summed E-state index contributed by atoms with van der Waals surface area (Å²) in [5, 5.41) is 7.84. The molecule has 0 saturated carbocycles. The molecular formula is C14H16N6OS2. The summed E-state index contributed by atoms with van der Waals surface area (Å²) in [6, 6.07) is 7.88. The van der Waals surface area contributed by atoms with E-state index in [1.807, 2.05) is 31.2 Å². The Balaban J connectivity index is 1.65. The van der Waals surface area contributed by atoms with Crippen LogP contribution < -0.4 is 5.73 Å². The Labute approximate surface area is 141 Å². The fourth-order valence-corrected chi connectivity index (χ4v) is 3.79. The number of nitrogen functional groups attached to an aromatic ring is 1. The minimum atomic E-state index is -0.0855. The van der Waals surface area contributed by atoms with Crippen LogP contribution >= 0.6 is 23.1 Å². The van der Waals surface area contributed by atoms with Crippen molar-refractivity contribution in [1.82, 2.24) is 25.1 Å². The number of amides is 1. The van der Waals surface area contributed by atoms with E-state index in [4.69, 9.17) is 5.73 Å². The molecule has 2 aromatic heterocycles. The number of fused-ring (bicyclic) bond motifs is 1. The fraction of sp³-hybridized carbons (Fsp3) is 0.286. The number of rotatable bonds is 5. The number of nitrogens with one attached hydrogen (secondary N) is 1. The summed E-state index contributed by atoms with van der Waals surface area (Å²) in [6.07, 6.45) is 0. The minimum absolute atomic E-state index is 0.00914.